The molecule has 460 valence electrons. The van der Waals surface area contributed by atoms with Crippen molar-refractivity contribution in [3.8, 4) is 0 Å². The molecule has 0 aliphatic carbocycles. The first kappa shape index (κ1) is 78.1. The molecular formula is C69H72Cl7F3O7. The highest BCUT2D eigenvalue weighted by Gasteiger charge is 2.30. The summed E-state index contributed by atoms with van der Waals surface area (Å²) in [4.78, 5) is 74.6. The summed E-state index contributed by atoms with van der Waals surface area (Å²) in [7, 11) is 0. The van der Waals surface area contributed by atoms with Gasteiger partial charge in [0, 0.05) is 38.9 Å². The van der Waals surface area contributed by atoms with Crippen molar-refractivity contribution < 1.29 is 46.7 Å². The summed E-state index contributed by atoms with van der Waals surface area (Å²) in [5.41, 5.74) is 10.1. The Morgan fingerprint density at radius 2 is 0.558 bits per heavy atom. The van der Waals surface area contributed by atoms with E-state index in [9.17, 15) is 46.7 Å². The molecule has 86 heavy (non-hydrogen) atoms. The van der Waals surface area contributed by atoms with Crippen LogP contribution < -0.4 is 0 Å². The lowest BCUT2D eigenvalue weighted by Crippen LogP contribution is -2.10. The standard InChI is InChI=1S/C12H15ClO.2C11H13ClO.C10H11ClO.C9H9ClO.C8H4ClF3O.C8H7ClO/c1-2-3-4-5-10-6-8-11(9-7-10)12(13)14;1-11(2,3)9-6-4-8(5-7-9)10(12)13;1-2-3-4-9-5-7-10(8-6-9)11(12)13;1-2-3-8-4-6-9(7-5-8)10(11)12;1-2-7-3-5-8(6-4-7)9(10)11;9-7(13)5-1-3-6(4-2-5)8(10,11)12;1-6-2-4-7(5-3-6)8(9)10/h6-9H,2-5H2,1H3;4-7H,1-3H3;5-8H,2-4H2,1H3;4-7H,2-3H2,1H3;3-6H,2H2,1H3;1-4H;2-5H,1H3. The Kier molecular flexibility index (Phi) is 38.1. The van der Waals surface area contributed by atoms with Crippen molar-refractivity contribution in [2.45, 2.75) is 131 Å². The molecular weight excluding hydrogens is 1250 g/mol. The number of carbonyl (C=O) groups is 7. The monoisotopic (exact) mass is 1310 g/mol. The Bertz CT molecular complexity index is 3090. The molecule has 0 aliphatic heterocycles. The second-order valence-corrected chi connectivity index (χ2v) is 22.5. The van der Waals surface area contributed by atoms with Crippen LogP contribution in [-0.4, -0.2) is 36.7 Å². The fourth-order valence-electron chi connectivity index (χ4n) is 7.10. The van der Waals surface area contributed by atoms with Gasteiger partial charge in [-0.15, -0.1) is 0 Å². The van der Waals surface area contributed by atoms with Gasteiger partial charge in [-0.1, -0.05) is 153 Å². The normalized spacial score (nSPS) is 10.3. The number of carbonyl (C=O) groups excluding carboxylic acids is 7. The van der Waals surface area contributed by atoms with Crippen LogP contribution in [0.4, 0.5) is 13.2 Å². The molecule has 0 atom stereocenters. The van der Waals surface area contributed by atoms with Gasteiger partial charge in [0.1, 0.15) is 0 Å². The van der Waals surface area contributed by atoms with E-state index in [2.05, 4.69) is 48.5 Å². The number of unbranched alkanes of at least 4 members (excludes halogenated alkanes) is 3. The average Bonchev–Trinajstić information content (AvgIpc) is 3.70. The molecule has 7 aromatic rings. The van der Waals surface area contributed by atoms with E-state index < -0.39 is 38.0 Å². The summed E-state index contributed by atoms with van der Waals surface area (Å²) in [5, 5.41) is -3.13. The molecule has 0 aromatic heterocycles. The van der Waals surface area contributed by atoms with Crippen LogP contribution in [0.1, 0.15) is 198 Å². The van der Waals surface area contributed by atoms with Crippen LogP contribution in [0.3, 0.4) is 0 Å². The van der Waals surface area contributed by atoms with Crippen molar-refractivity contribution in [2.75, 3.05) is 0 Å². The molecule has 0 fully saturated rings. The van der Waals surface area contributed by atoms with Crippen LogP contribution in [0.2, 0.25) is 0 Å². The molecule has 0 unspecified atom stereocenters. The molecule has 7 rings (SSSR count). The number of alkyl halides is 3. The lowest BCUT2D eigenvalue weighted by Gasteiger charge is -2.18. The highest BCUT2D eigenvalue weighted by Crippen LogP contribution is 2.29. The second-order valence-electron chi connectivity index (χ2n) is 20.1. The van der Waals surface area contributed by atoms with Gasteiger partial charge < -0.3 is 0 Å². The number of halogens is 10. The summed E-state index contributed by atoms with van der Waals surface area (Å²) in [5.74, 6) is 0. The van der Waals surface area contributed by atoms with E-state index in [4.69, 9.17) is 81.2 Å². The van der Waals surface area contributed by atoms with Crippen molar-refractivity contribution in [1.82, 2.24) is 0 Å². The maximum Gasteiger partial charge on any atom is 0.416 e. The van der Waals surface area contributed by atoms with Crippen molar-refractivity contribution in [3.63, 3.8) is 0 Å². The van der Waals surface area contributed by atoms with Crippen LogP contribution in [0.5, 0.6) is 0 Å². The minimum atomic E-state index is -4.38. The largest absolute Gasteiger partial charge is 0.416 e. The third-order valence-electron chi connectivity index (χ3n) is 12.3. The second kappa shape index (κ2) is 42.0. The number of hydrogen-bond donors (Lipinski definition) is 0. The van der Waals surface area contributed by atoms with Gasteiger partial charge in [-0.3, -0.25) is 33.6 Å². The summed E-state index contributed by atoms with van der Waals surface area (Å²) in [6.07, 6.45) is 7.02. The van der Waals surface area contributed by atoms with Gasteiger partial charge in [-0.2, -0.15) is 13.2 Å². The zero-order valence-corrected chi connectivity index (χ0v) is 54.7. The molecule has 0 amide bonds. The van der Waals surface area contributed by atoms with Gasteiger partial charge in [0.2, 0.25) is 0 Å². The Balaban J connectivity index is 0.000000503. The van der Waals surface area contributed by atoms with Gasteiger partial charge in [0.05, 0.1) is 5.56 Å². The lowest BCUT2D eigenvalue weighted by atomic mass is 9.87. The smallest absolute Gasteiger partial charge is 0.276 e. The molecule has 0 spiro atoms. The maximum absolute atomic E-state index is 12.0. The van der Waals surface area contributed by atoms with Crippen LogP contribution in [0, 0.1) is 6.92 Å². The quantitative estimate of drug-likeness (QED) is 0.0658. The number of aryl methyl sites for hydroxylation is 5. The van der Waals surface area contributed by atoms with E-state index in [-0.39, 0.29) is 21.5 Å². The van der Waals surface area contributed by atoms with E-state index in [0.717, 1.165) is 61.9 Å². The maximum atomic E-state index is 12.0. The predicted molar refractivity (Wildman–Crippen MR) is 350 cm³/mol. The van der Waals surface area contributed by atoms with Crippen LogP contribution in [-0.2, 0) is 37.3 Å². The van der Waals surface area contributed by atoms with E-state index in [1.807, 2.05) is 79.7 Å². The van der Waals surface area contributed by atoms with E-state index in [1.54, 1.807) is 72.8 Å². The topological polar surface area (TPSA) is 119 Å². The first-order valence-electron chi connectivity index (χ1n) is 27.6. The van der Waals surface area contributed by atoms with Gasteiger partial charge in [0.15, 0.2) is 0 Å². The van der Waals surface area contributed by atoms with Gasteiger partial charge in [-0.25, -0.2) is 0 Å². The predicted octanol–water partition coefficient (Wildman–Crippen LogP) is 21.7. The number of hydrogen-bond acceptors (Lipinski definition) is 7. The van der Waals surface area contributed by atoms with Crippen LogP contribution >= 0.6 is 81.2 Å². The van der Waals surface area contributed by atoms with Crippen LogP contribution in [0.25, 0.3) is 0 Å². The lowest BCUT2D eigenvalue weighted by molar-refractivity contribution is -0.137. The summed E-state index contributed by atoms with van der Waals surface area (Å²) >= 11 is 36.8. The van der Waals surface area contributed by atoms with Crippen molar-refractivity contribution in [2.24, 2.45) is 0 Å². The zero-order valence-electron chi connectivity index (χ0n) is 49.4. The van der Waals surface area contributed by atoms with E-state index >= 15 is 0 Å². The van der Waals surface area contributed by atoms with Crippen LogP contribution in [0.15, 0.2) is 170 Å². The summed E-state index contributed by atoms with van der Waals surface area (Å²) < 4.78 is 36.0. The fourth-order valence-corrected chi connectivity index (χ4v) is 7.99. The summed E-state index contributed by atoms with van der Waals surface area (Å²) in [6, 6.07) is 48.0. The minimum Gasteiger partial charge on any atom is -0.276 e. The zero-order chi connectivity index (χ0) is 65.0. The molecule has 0 bridgehead atoms. The Labute approximate surface area is 539 Å². The van der Waals surface area contributed by atoms with Crippen molar-refractivity contribution in [1.29, 1.82) is 0 Å². The van der Waals surface area contributed by atoms with Crippen molar-refractivity contribution in [3.05, 3.63) is 248 Å². The molecule has 0 radical (unpaired) electrons. The number of rotatable bonds is 17. The third-order valence-corrected chi connectivity index (χ3v) is 13.8. The molecule has 17 heteroatoms. The molecule has 7 nitrogen and oxygen atoms in total. The Morgan fingerprint density at radius 1 is 0.314 bits per heavy atom. The molecule has 0 saturated carbocycles. The van der Waals surface area contributed by atoms with Crippen molar-refractivity contribution >= 4 is 118 Å². The average molecular weight is 1320 g/mol. The summed E-state index contributed by atoms with van der Waals surface area (Å²) in [6.45, 7) is 16.9. The highest BCUT2D eigenvalue weighted by molar-refractivity contribution is 6.69. The third kappa shape index (κ3) is 33.2. The molecule has 7 aromatic carbocycles. The Hall–Kier alpha value is -5.95. The van der Waals surface area contributed by atoms with E-state index in [0.29, 0.717) is 33.4 Å². The van der Waals surface area contributed by atoms with Gasteiger partial charge in [-0.05, 0) is 257 Å². The van der Waals surface area contributed by atoms with Gasteiger partial charge in [0.25, 0.3) is 36.7 Å². The number of benzene rings is 7. The molecule has 0 heterocycles. The fraction of sp³-hybridized carbons (Fsp3) is 0.290. The molecule has 0 aliphatic rings. The molecule has 0 N–H and O–H groups in total. The Morgan fingerprint density at radius 3 is 0.802 bits per heavy atom. The van der Waals surface area contributed by atoms with Gasteiger partial charge >= 0.3 is 6.18 Å². The first-order valence-corrected chi connectivity index (χ1v) is 30.2. The highest BCUT2D eigenvalue weighted by atomic mass is 35.5. The first-order chi connectivity index (χ1) is 40.5. The van der Waals surface area contributed by atoms with E-state index in [1.165, 1.54) is 59.9 Å². The molecule has 0 saturated heterocycles. The SMILES string of the molecule is CC(C)(C)c1ccc(C(=O)Cl)cc1.CCCCCc1ccc(C(=O)Cl)cc1.CCCCc1ccc(C(=O)Cl)cc1.CCCc1ccc(C(=O)Cl)cc1.CCc1ccc(C(=O)Cl)cc1.Cc1ccc(C(=O)Cl)cc1.O=C(Cl)c1ccc(C(F)(F)F)cc1. The minimum absolute atomic E-state index is 0.0506.